The number of ether oxygens (including phenoxy) is 2. The summed E-state index contributed by atoms with van der Waals surface area (Å²) in [6, 6.07) is 4.18. The first-order chi connectivity index (χ1) is 7.63. The van der Waals surface area contributed by atoms with Crippen LogP contribution in [0.1, 0.15) is 29.7 Å². The summed E-state index contributed by atoms with van der Waals surface area (Å²) in [7, 11) is 0. The number of aryl methyl sites for hydroxylation is 1. The Labute approximate surface area is 102 Å². The fourth-order valence-electron chi connectivity index (χ4n) is 1.37. The SMILES string of the molecule is Cc1ccc(C(CN)OCCOC(C)C)s1. The maximum absolute atomic E-state index is 5.70. The molecule has 0 saturated heterocycles. The van der Waals surface area contributed by atoms with Gasteiger partial charge in [0.1, 0.15) is 6.10 Å². The van der Waals surface area contributed by atoms with E-state index in [-0.39, 0.29) is 12.2 Å². The second-order valence-electron chi connectivity index (χ2n) is 3.96. The highest BCUT2D eigenvalue weighted by Gasteiger charge is 2.11. The van der Waals surface area contributed by atoms with Crippen LogP contribution in [0, 0.1) is 6.92 Å². The third-order valence-corrected chi connectivity index (χ3v) is 3.24. The van der Waals surface area contributed by atoms with Crippen LogP contribution in [0.3, 0.4) is 0 Å². The third-order valence-electron chi connectivity index (χ3n) is 2.15. The molecule has 4 heteroatoms. The molecule has 0 aliphatic carbocycles. The van der Waals surface area contributed by atoms with Crippen molar-refractivity contribution in [2.75, 3.05) is 19.8 Å². The van der Waals surface area contributed by atoms with Crippen molar-refractivity contribution >= 4 is 11.3 Å². The van der Waals surface area contributed by atoms with E-state index in [0.717, 1.165) is 0 Å². The van der Waals surface area contributed by atoms with Gasteiger partial charge in [-0.2, -0.15) is 0 Å². The van der Waals surface area contributed by atoms with Gasteiger partial charge in [0.25, 0.3) is 0 Å². The fourth-order valence-corrected chi connectivity index (χ4v) is 2.31. The van der Waals surface area contributed by atoms with Crippen LogP contribution in [0.15, 0.2) is 12.1 Å². The lowest BCUT2D eigenvalue weighted by Gasteiger charge is -2.15. The molecular formula is C12H21NO2S. The molecule has 0 aliphatic heterocycles. The largest absolute Gasteiger partial charge is 0.376 e. The van der Waals surface area contributed by atoms with E-state index in [2.05, 4.69) is 19.1 Å². The topological polar surface area (TPSA) is 44.5 Å². The van der Waals surface area contributed by atoms with E-state index >= 15 is 0 Å². The van der Waals surface area contributed by atoms with Gasteiger partial charge in [-0.25, -0.2) is 0 Å². The second-order valence-corrected chi connectivity index (χ2v) is 5.28. The van der Waals surface area contributed by atoms with E-state index in [4.69, 9.17) is 15.2 Å². The highest BCUT2D eigenvalue weighted by molar-refractivity contribution is 7.12. The summed E-state index contributed by atoms with van der Waals surface area (Å²) < 4.78 is 11.1. The van der Waals surface area contributed by atoms with Gasteiger partial charge in [-0.05, 0) is 32.9 Å². The molecule has 16 heavy (non-hydrogen) atoms. The molecule has 1 aromatic heterocycles. The summed E-state index contributed by atoms with van der Waals surface area (Å²) >= 11 is 1.74. The van der Waals surface area contributed by atoms with Gasteiger partial charge in [0.15, 0.2) is 0 Å². The van der Waals surface area contributed by atoms with Gasteiger partial charge in [-0.1, -0.05) is 0 Å². The Bertz CT molecular complexity index is 299. The van der Waals surface area contributed by atoms with E-state index in [1.165, 1.54) is 9.75 Å². The normalized spacial score (nSPS) is 13.3. The first-order valence-electron chi connectivity index (χ1n) is 5.63. The lowest BCUT2D eigenvalue weighted by molar-refractivity contribution is -0.00932. The van der Waals surface area contributed by atoms with Gasteiger partial charge >= 0.3 is 0 Å². The summed E-state index contributed by atoms with van der Waals surface area (Å²) in [5.74, 6) is 0. The quantitative estimate of drug-likeness (QED) is 0.748. The molecule has 0 fully saturated rings. The van der Waals surface area contributed by atoms with Crippen LogP contribution in [-0.2, 0) is 9.47 Å². The van der Waals surface area contributed by atoms with Gasteiger partial charge in [-0.15, -0.1) is 11.3 Å². The zero-order chi connectivity index (χ0) is 12.0. The molecule has 1 unspecified atom stereocenters. The van der Waals surface area contributed by atoms with Crippen molar-refractivity contribution in [2.24, 2.45) is 5.73 Å². The van der Waals surface area contributed by atoms with Gasteiger partial charge in [0.05, 0.1) is 19.3 Å². The monoisotopic (exact) mass is 243 g/mol. The van der Waals surface area contributed by atoms with Crippen molar-refractivity contribution in [1.29, 1.82) is 0 Å². The molecule has 1 rings (SSSR count). The summed E-state index contributed by atoms with van der Waals surface area (Å²) in [6.07, 6.45) is 0.262. The summed E-state index contributed by atoms with van der Waals surface area (Å²) in [5, 5.41) is 0. The van der Waals surface area contributed by atoms with E-state index < -0.39 is 0 Å². The van der Waals surface area contributed by atoms with Crippen molar-refractivity contribution in [3.05, 3.63) is 21.9 Å². The van der Waals surface area contributed by atoms with E-state index in [9.17, 15) is 0 Å². The number of rotatable bonds is 7. The van der Waals surface area contributed by atoms with Crippen molar-refractivity contribution in [3.8, 4) is 0 Å². The van der Waals surface area contributed by atoms with Crippen LogP contribution in [0.2, 0.25) is 0 Å². The zero-order valence-corrected chi connectivity index (χ0v) is 11.0. The molecule has 1 aromatic rings. The standard InChI is InChI=1S/C12H21NO2S/c1-9(2)14-6-7-15-11(8-13)12-5-4-10(3)16-12/h4-5,9,11H,6-8,13H2,1-3H3. The summed E-state index contributed by atoms with van der Waals surface area (Å²) in [4.78, 5) is 2.49. The summed E-state index contributed by atoms with van der Waals surface area (Å²) in [6.45, 7) is 7.85. The molecule has 0 amide bonds. The van der Waals surface area contributed by atoms with Crippen molar-refractivity contribution in [2.45, 2.75) is 33.0 Å². The van der Waals surface area contributed by atoms with Crippen LogP contribution >= 0.6 is 11.3 Å². The predicted octanol–water partition coefficient (Wildman–Crippen LogP) is 2.50. The number of thiophene rings is 1. The van der Waals surface area contributed by atoms with Crippen LogP contribution < -0.4 is 5.73 Å². The number of hydrogen-bond donors (Lipinski definition) is 1. The average Bonchev–Trinajstić information content (AvgIpc) is 2.64. The minimum Gasteiger partial charge on any atom is -0.376 e. The first-order valence-corrected chi connectivity index (χ1v) is 6.44. The minimum absolute atomic E-state index is 0.00876. The minimum atomic E-state index is 0.00876. The maximum atomic E-state index is 5.70. The van der Waals surface area contributed by atoms with Gasteiger partial charge in [0, 0.05) is 16.3 Å². The van der Waals surface area contributed by atoms with Crippen LogP contribution in [0.4, 0.5) is 0 Å². The lowest BCUT2D eigenvalue weighted by Crippen LogP contribution is -2.18. The molecule has 0 aromatic carbocycles. The van der Waals surface area contributed by atoms with E-state index in [1.54, 1.807) is 11.3 Å². The Morgan fingerprint density at radius 3 is 2.44 bits per heavy atom. The smallest absolute Gasteiger partial charge is 0.104 e. The van der Waals surface area contributed by atoms with E-state index in [0.29, 0.717) is 19.8 Å². The molecule has 1 heterocycles. The third kappa shape index (κ3) is 4.61. The Morgan fingerprint density at radius 2 is 1.94 bits per heavy atom. The molecule has 0 aliphatic rings. The Morgan fingerprint density at radius 1 is 1.25 bits per heavy atom. The average molecular weight is 243 g/mol. The van der Waals surface area contributed by atoms with Crippen molar-refractivity contribution in [3.63, 3.8) is 0 Å². The second kappa shape index (κ2) is 7.01. The Kier molecular flexibility index (Phi) is 5.98. The molecule has 92 valence electrons. The maximum Gasteiger partial charge on any atom is 0.104 e. The predicted molar refractivity (Wildman–Crippen MR) is 67.9 cm³/mol. The first kappa shape index (κ1) is 13.6. The molecule has 3 nitrogen and oxygen atoms in total. The van der Waals surface area contributed by atoms with Gasteiger partial charge < -0.3 is 15.2 Å². The molecule has 0 bridgehead atoms. The number of nitrogens with two attached hydrogens (primary N) is 1. The molecule has 2 N–H and O–H groups in total. The lowest BCUT2D eigenvalue weighted by atomic mass is 10.3. The van der Waals surface area contributed by atoms with E-state index in [1.807, 2.05) is 13.8 Å². The number of hydrogen-bond acceptors (Lipinski definition) is 4. The molecule has 0 radical (unpaired) electrons. The molecule has 1 atom stereocenters. The van der Waals surface area contributed by atoms with Crippen LogP contribution in [0.5, 0.6) is 0 Å². The van der Waals surface area contributed by atoms with Crippen LogP contribution in [-0.4, -0.2) is 25.9 Å². The highest BCUT2D eigenvalue weighted by atomic mass is 32.1. The zero-order valence-electron chi connectivity index (χ0n) is 10.2. The van der Waals surface area contributed by atoms with Gasteiger partial charge in [-0.3, -0.25) is 0 Å². The Hall–Kier alpha value is -0.420. The van der Waals surface area contributed by atoms with Crippen molar-refractivity contribution < 1.29 is 9.47 Å². The molecule has 0 spiro atoms. The van der Waals surface area contributed by atoms with Crippen molar-refractivity contribution in [1.82, 2.24) is 0 Å². The Balaban J connectivity index is 2.32. The molecular weight excluding hydrogens is 222 g/mol. The van der Waals surface area contributed by atoms with Crippen LogP contribution in [0.25, 0.3) is 0 Å². The van der Waals surface area contributed by atoms with Gasteiger partial charge in [0.2, 0.25) is 0 Å². The molecule has 0 saturated carbocycles. The summed E-state index contributed by atoms with van der Waals surface area (Å²) in [5.41, 5.74) is 5.70. The highest BCUT2D eigenvalue weighted by Crippen LogP contribution is 2.24. The fraction of sp³-hybridized carbons (Fsp3) is 0.667.